The van der Waals surface area contributed by atoms with Crippen molar-refractivity contribution in [1.29, 1.82) is 0 Å². The molecule has 4 aromatic rings. The molecule has 0 radical (unpaired) electrons. The summed E-state index contributed by atoms with van der Waals surface area (Å²) in [6, 6.07) is 17.5. The van der Waals surface area contributed by atoms with E-state index in [1.807, 2.05) is 30.3 Å². The summed E-state index contributed by atoms with van der Waals surface area (Å²) in [5.74, 6) is 0.0444. The number of benzene rings is 3. The van der Waals surface area contributed by atoms with E-state index in [0.29, 0.717) is 29.1 Å². The molecule has 0 saturated carbocycles. The number of hydrogen-bond acceptors (Lipinski definition) is 4. The number of amides is 1. The highest BCUT2D eigenvalue weighted by atomic mass is 19.1. The number of carbonyl (C=O) groups is 1. The molecule has 1 amide bonds. The fraction of sp³-hybridized carbons (Fsp3) is 0.208. The third-order valence-corrected chi connectivity index (χ3v) is 5.37. The molecule has 0 unspecified atom stereocenters. The number of rotatable bonds is 6. The topological polar surface area (TPSA) is 54.7 Å². The van der Waals surface area contributed by atoms with Crippen LogP contribution in [0.1, 0.15) is 12.5 Å². The average Bonchev–Trinajstić information content (AvgIpc) is 3.11. The molecule has 0 aliphatic rings. The van der Waals surface area contributed by atoms with Crippen LogP contribution in [-0.2, 0) is 11.3 Å². The first kappa shape index (κ1) is 19.9. The average molecular weight is 406 g/mol. The number of anilines is 1. The summed E-state index contributed by atoms with van der Waals surface area (Å²) >= 11 is 0. The normalized spacial score (nSPS) is 12.4. The fourth-order valence-corrected chi connectivity index (χ4v) is 3.49. The molecule has 154 valence electrons. The number of likely N-dealkylation sites (N-methyl/N-ethyl adjacent to an activating group) is 1. The second kappa shape index (κ2) is 8.16. The van der Waals surface area contributed by atoms with E-state index in [1.54, 1.807) is 50.2 Å². The molecule has 3 aromatic carbocycles. The second-order valence-corrected chi connectivity index (χ2v) is 7.32. The lowest BCUT2D eigenvalue weighted by atomic mass is 10.1. The number of fused-ring (bicyclic) bond motifs is 3. The Morgan fingerprint density at radius 2 is 1.83 bits per heavy atom. The Bertz CT molecular complexity index is 1220. The fourth-order valence-electron chi connectivity index (χ4n) is 3.49. The molecule has 0 fully saturated rings. The van der Waals surface area contributed by atoms with Gasteiger partial charge in [-0.3, -0.25) is 9.69 Å². The molecule has 0 bridgehead atoms. The van der Waals surface area contributed by atoms with Crippen LogP contribution in [0, 0.1) is 5.82 Å². The minimum atomic E-state index is -0.485. The number of nitrogens with zero attached hydrogens (tertiary/aromatic N) is 1. The Balaban J connectivity index is 1.57. The molecule has 1 heterocycles. The van der Waals surface area contributed by atoms with Crippen molar-refractivity contribution < 1.29 is 18.3 Å². The van der Waals surface area contributed by atoms with Gasteiger partial charge in [-0.2, -0.15) is 0 Å². The summed E-state index contributed by atoms with van der Waals surface area (Å²) in [5.41, 5.74) is 2.51. The molecule has 1 atom stereocenters. The van der Waals surface area contributed by atoms with E-state index in [0.717, 1.165) is 16.4 Å². The van der Waals surface area contributed by atoms with Crippen LogP contribution < -0.4 is 10.1 Å². The van der Waals surface area contributed by atoms with E-state index in [-0.39, 0.29) is 11.7 Å². The highest BCUT2D eigenvalue weighted by Crippen LogP contribution is 2.36. The van der Waals surface area contributed by atoms with Gasteiger partial charge in [0.1, 0.15) is 22.7 Å². The van der Waals surface area contributed by atoms with Gasteiger partial charge in [-0.05, 0) is 32.2 Å². The lowest BCUT2D eigenvalue weighted by Gasteiger charge is -2.24. The summed E-state index contributed by atoms with van der Waals surface area (Å²) in [4.78, 5) is 14.7. The number of hydrogen-bond donors (Lipinski definition) is 1. The predicted octanol–water partition coefficient (Wildman–Crippen LogP) is 5.19. The number of ether oxygens (including phenoxy) is 1. The Labute approximate surface area is 174 Å². The molecule has 0 aliphatic carbocycles. The van der Waals surface area contributed by atoms with Crippen molar-refractivity contribution in [3.05, 3.63) is 72.0 Å². The van der Waals surface area contributed by atoms with Gasteiger partial charge in [0.25, 0.3) is 0 Å². The Morgan fingerprint density at radius 1 is 1.10 bits per heavy atom. The minimum Gasteiger partial charge on any atom is -0.495 e. The van der Waals surface area contributed by atoms with E-state index >= 15 is 0 Å². The van der Waals surface area contributed by atoms with Gasteiger partial charge in [-0.1, -0.05) is 36.4 Å². The number of furan rings is 1. The number of para-hydroxylation sites is 1. The molecular weight excluding hydrogens is 383 g/mol. The Kier molecular flexibility index (Phi) is 5.42. The van der Waals surface area contributed by atoms with Crippen molar-refractivity contribution in [3.63, 3.8) is 0 Å². The SMILES string of the molecule is COc1cc2c(cc1NC(=O)[C@H](C)N(C)Cc1ccccc1F)oc1ccccc12. The first-order valence-corrected chi connectivity index (χ1v) is 9.71. The van der Waals surface area contributed by atoms with Crippen LogP contribution in [-0.4, -0.2) is 31.0 Å². The van der Waals surface area contributed by atoms with Gasteiger partial charge in [-0.15, -0.1) is 0 Å². The number of nitrogens with one attached hydrogen (secondary N) is 1. The van der Waals surface area contributed by atoms with Gasteiger partial charge in [0, 0.05) is 28.9 Å². The maximum atomic E-state index is 13.9. The lowest BCUT2D eigenvalue weighted by Crippen LogP contribution is -2.39. The predicted molar refractivity (Wildman–Crippen MR) is 116 cm³/mol. The van der Waals surface area contributed by atoms with Crippen molar-refractivity contribution >= 4 is 33.5 Å². The molecule has 0 saturated heterocycles. The van der Waals surface area contributed by atoms with Crippen molar-refractivity contribution in [2.45, 2.75) is 19.5 Å². The van der Waals surface area contributed by atoms with Gasteiger partial charge >= 0.3 is 0 Å². The second-order valence-electron chi connectivity index (χ2n) is 7.32. The van der Waals surface area contributed by atoms with Crippen LogP contribution in [0.5, 0.6) is 5.75 Å². The smallest absolute Gasteiger partial charge is 0.241 e. The van der Waals surface area contributed by atoms with Crippen molar-refractivity contribution in [2.75, 3.05) is 19.5 Å². The van der Waals surface area contributed by atoms with Crippen LogP contribution in [0.2, 0.25) is 0 Å². The maximum absolute atomic E-state index is 13.9. The van der Waals surface area contributed by atoms with Gasteiger partial charge in [0.2, 0.25) is 5.91 Å². The van der Waals surface area contributed by atoms with Crippen molar-refractivity contribution in [2.24, 2.45) is 0 Å². The first-order chi connectivity index (χ1) is 14.5. The van der Waals surface area contributed by atoms with Crippen LogP contribution in [0.25, 0.3) is 21.9 Å². The van der Waals surface area contributed by atoms with E-state index in [4.69, 9.17) is 9.15 Å². The van der Waals surface area contributed by atoms with Crippen LogP contribution in [0.15, 0.2) is 65.1 Å². The van der Waals surface area contributed by atoms with Gasteiger partial charge in [-0.25, -0.2) is 4.39 Å². The van der Waals surface area contributed by atoms with Crippen molar-refractivity contribution in [1.82, 2.24) is 4.90 Å². The summed E-state index contributed by atoms with van der Waals surface area (Å²) in [6.45, 7) is 2.10. The van der Waals surface area contributed by atoms with Crippen molar-refractivity contribution in [3.8, 4) is 5.75 Å². The third kappa shape index (κ3) is 3.74. The summed E-state index contributed by atoms with van der Waals surface area (Å²) in [5, 5.41) is 4.83. The maximum Gasteiger partial charge on any atom is 0.241 e. The Hall–Kier alpha value is -3.38. The first-order valence-electron chi connectivity index (χ1n) is 9.71. The zero-order valence-corrected chi connectivity index (χ0v) is 17.1. The van der Waals surface area contributed by atoms with Gasteiger partial charge < -0.3 is 14.5 Å². The van der Waals surface area contributed by atoms with E-state index in [2.05, 4.69) is 5.32 Å². The highest BCUT2D eigenvalue weighted by Gasteiger charge is 2.21. The summed E-state index contributed by atoms with van der Waals surface area (Å²) in [6.07, 6.45) is 0. The minimum absolute atomic E-state index is 0.220. The van der Waals surface area contributed by atoms with E-state index in [1.165, 1.54) is 6.07 Å². The zero-order valence-electron chi connectivity index (χ0n) is 17.1. The molecule has 5 nitrogen and oxygen atoms in total. The number of carbonyl (C=O) groups excluding carboxylic acids is 1. The van der Waals surface area contributed by atoms with Gasteiger partial charge in [0.05, 0.1) is 18.8 Å². The van der Waals surface area contributed by atoms with Crippen LogP contribution in [0.4, 0.5) is 10.1 Å². The summed E-state index contributed by atoms with van der Waals surface area (Å²) < 4.78 is 25.4. The quantitative estimate of drug-likeness (QED) is 0.479. The molecule has 0 aliphatic heterocycles. The molecule has 0 spiro atoms. The number of methoxy groups -OCH3 is 1. The van der Waals surface area contributed by atoms with E-state index < -0.39 is 6.04 Å². The van der Waals surface area contributed by atoms with Crippen LogP contribution >= 0.6 is 0 Å². The molecule has 30 heavy (non-hydrogen) atoms. The summed E-state index contributed by atoms with van der Waals surface area (Å²) in [7, 11) is 3.35. The van der Waals surface area contributed by atoms with E-state index in [9.17, 15) is 9.18 Å². The largest absolute Gasteiger partial charge is 0.495 e. The zero-order chi connectivity index (χ0) is 21.3. The highest BCUT2D eigenvalue weighted by molar-refractivity contribution is 6.08. The monoisotopic (exact) mass is 406 g/mol. The standard InChI is InChI=1S/C24H23FN2O3/c1-15(27(2)14-16-8-4-6-10-19(16)25)24(28)26-20-13-22-18(12-23(20)29-3)17-9-5-7-11-21(17)30-22/h4-13,15H,14H2,1-3H3,(H,26,28)/t15-/m0/s1. The molecular formula is C24H23FN2O3. The molecule has 6 heteroatoms. The molecule has 1 aromatic heterocycles. The number of halogens is 1. The third-order valence-electron chi connectivity index (χ3n) is 5.37. The Morgan fingerprint density at radius 3 is 2.60 bits per heavy atom. The molecule has 1 N–H and O–H groups in total. The lowest BCUT2D eigenvalue weighted by molar-refractivity contribution is -0.120. The molecule has 4 rings (SSSR count). The van der Waals surface area contributed by atoms with Crippen LogP contribution in [0.3, 0.4) is 0 Å². The van der Waals surface area contributed by atoms with Gasteiger partial charge in [0.15, 0.2) is 0 Å².